The van der Waals surface area contributed by atoms with E-state index < -0.39 is 37.9 Å². The molecule has 4 aromatic rings. The van der Waals surface area contributed by atoms with Crippen LogP contribution < -0.4 is 5.69 Å². The van der Waals surface area contributed by atoms with Gasteiger partial charge in [0.15, 0.2) is 31.9 Å². The molecule has 0 aliphatic heterocycles. The van der Waals surface area contributed by atoms with E-state index in [0.29, 0.717) is 16.4 Å². The van der Waals surface area contributed by atoms with Crippen molar-refractivity contribution in [2.75, 3.05) is 0 Å². The third-order valence-corrected chi connectivity index (χ3v) is 11.4. The predicted molar refractivity (Wildman–Crippen MR) is 143 cm³/mol. The Morgan fingerprint density at radius 1 is 1.03 bits per heavy atom. The van der Waals surface area contributed by atoms with E-state index in [2.05, 4.69) is 20.2 Å². The van der Waals surface area contributed by atoms with Crippen LogP contribution in [0.2, 0.25) is 23.2 Å². The summed E-state index contributed by atoms with van der Waals surface area (Å²) in [6.45, 7) is 8.12. The van der Waals surface area contributed by atoms with E-state index in [1.165, 1.54) is 11.0 Å². The molecule has 0 saturated heterocycles. The first-order chi connectivity index (χ1) is 18.2. The molecule has 9 nitrogen and oxygen atoms in total. The normalized spacial score (nSPS) is 13.6. The standard InChI is InChI=1S/C25H29ClF3N7O2Si/c1-24(2,3)39(4,5)38-19(25(27,28)29)14-34-22(17-9-11-18(26)12-10-17)33-35(23(34)37)15-20-31-16-36(32-20)21-8-6-7-13-30-21/h6-13,16,19H,14-15H2,1-5H3/t19-/m0/s1. The highest BCUT2D eigenvalue weighted by atomic mass is 35.5. The van der Waals surface area contributed by atoms with Crippen LogP contribution >= 0.6 is 11.6 Å². The van der Waals surface area contributed by atoms with Crippen LogP contribution in [0, 0.1) is 0 Å². The zero-order valence-electron chi connectivity index (χ0n) is 22.1. The number of alkyl halides is 3. The summed E-state index contributed by atoms with van der Waals surface area (Å²) < 4.78 is 52.1. The van der Waals surface area contributed by atoms with Crippen molar-refractivity contribution in [3.8, 4) is 17.2 Å². The number of nitrogens with zero attached hydrogens (tertiary/aromatic N) is 7. The van der Waals surface area contributed by atoms with Crippen LogP contribution in [0.15, 0.2) is 59.8 Å². The molecule has 0 N–H and O–H groups in total. The first-order valence-corrected chi connectivity index (χ1v) is 15.4. The number of hydrogen-bond donors (Lipinski definition) is 0. The van der Waals surface area contributed by atoms with Gasteiger partial charge in [-0.15, -0.1) is 10.2 Å². The van der Waals surface area contributed by atoms with Crippen LogP contribution in [0.1, 0.15) is 26.6 Å². The maximum atomic E-state index is 14.3. The average Bonchev–Trinajstić information content (AvgIpc) is 3.44. The summed E-state index contributed by atoms with van der Waals surface area (Å²) in [6, 6.07) is 11.6. The van der Waals surface area contributed by atoms with E-state index in [0.717, 1.165) is 9.25 Å². The zero-order chi connectivity index (χ0) is 28.6. The number of pyridine rings is 1. The van der Waals surface area contributed by atoms with Crippen LogP contribution in [0.3, 0.4) is 0 Å². The summed E-state index contributed by atoms with van der Waals surface area (Å²) in [4.78, 5) is 21.9. The number of hydrogen-bond acceptors (Lipinski definition) is 6. The van der Waals surface area contributed by atoms with Gasteiger partial charge in [0.05, 0.1) is 6.54 Å². The minimum atomic E-state index is -4.71. The highest BCUT2D eigenvalue weighted by Crippen LogP contribution is 2.40. The largest absolute Gasteiger partial charge is 0.415 e. The third kappa shape index (κ3) is 6.48. The van der Waals surface area contributed by atoms with E-state index >= 15 is 0 Å². The average molecular weight is 580 g/mol. The second-order valence-electron chi connectivity index (χ2n) is 10.6. The Labute approximate surface area is 229 Å². The molecule has 1 aromatic carbocycles. The first kappa shape index (κ1) is 28.7. The van der Waals surface area contributed by atoms with Gasteiger partial charge in [0.1, 0.15) is 12.9 Å². The highest BCUT2D eigenvalue weighted by Gasteiger charge is 2.48. The second kappa shape index (κ2) is 10.7. The molecule has 14 heteroatoms. The Morgan fingerprint density at radius 2 is 1.72 bits per heavy atom. The van der Waals surface area contributed by atoms with Crippen molar-refractivity contribution in [2.45, 2.75) is 64.3 Å². The van der Waals surface area contributed by atoms with Crippen LogP contribution in [-0.4, -0.2) is 54.7 Å². The molecule has 208 valence electrons. The Hall–Kier alpha value is -3.29. The molecule has 0 aliphatic carbocycles. The molecule has 39 heavy (non-hydrogen) atoms. The lowest BCUT2D eigenvalue weighted by molar-refractivity contribution is -0.202. The van der Waals surface area contributed by atoms with Gasteiger partial charge in [0.25, 0.3) is 0 Å². The minimum Gasteiger partial charge on any atom is -0.404 e. The van der Waals surface area contributed by atoms with Crippen molar-refractivity contribution < 1.29 is 17.6 Å². The lowest BCUT2D eigenvalue weighted by atomic mass is 10.2. The maximum Gasteiger partial charge on any atom is 0.415 e. The topological polar surface area (TPSA) is 92.7 Å². The fraction of sp³-hybridized carbons (Fsp3) is 0.400. The van der Waals surface area contributed by atoms with E-state index in [9.17, 15) is 18.0 Å². The van der Waals surface area contributed by atoms with Gasteiger partial charge in [0.2, 0.25) is 0 Å². The summed E-state index contributed by atoms with van der Waals surface area (Å²) in [5, 5.41) is 8.67. The Kier molecular flexibility index (Phi) is 7.88. The molecule has 3 heterocycles. The van der Waals surface area contributed by atoms with Crippen LogP contribution in [0.25, 0.3) is 17.2 Å². The molecule has 0 spiro atoms. The van der Waals surface area contributed by atoms with E-state index in [1.54, 1.807) is 61.8 Å². The summed E-state index contributed by atoms with van der Waals surface area (Å²) >= 11 is 6.01. The van der Waals surface area contributed by atoms with Crippen molar-refractivity contribution in [3.63, 3.8) is 0 Å². The molecular formula is C25H29ClF3N7O2Si. The van der Waals surface area contributed by atoms with Gasteiger partial charge in [0, 0.05) is 16.8 Å². The Bertz CT molecular complexity index is 1480. The summed E-state index contributed by atoms with van der Waals surface area (Å²) in [5.74, 6) is 0.806. The maximum absolute atomic E-state index is 14.3. The second-order valence-corrected chi connectivity index (χ2v) is 15.8. The van der Waals surface area contributed by atoms with Gasteiger partial charge in [-0.05, 0) is 54.5 Å². The monoisotopic (exact) mass is 579 g/mol. The van der Waals surface area contributed by atoms with Crippen molar-refractivity contribution in [3.05, 3.63) is 76.3 Å². The molecule has 0 saturated carbocycles. The number of halogens is 4. The molecule has 0 bridgehead atoms. The van der Waals surface area contributed by atoms with Gasteiger partial charge in [-0.25, -0.2) is 24.1 Å². The summed E-state index contributed by atoms with van der Waals surface area (Å²) in [5.41, 5.74) is -0.322. The van der Waals surface area contributed by atoms with Crippen molar-refractivity contribution in [1.29, 1.82) is 0 Å². The van der Waals surface area contributed by atoms with E-state index in [4.69, 9.17) is 16.0 Å². The van der Waals surface area contributed by atoms with Gasteiger partial charge in [-0.1, -0.05) is 38.4 Å². The molecule has 0 radical (unpaired) electrons. The Morgan fingerprint density at radius 3 is 2.31 bits per heavy atom. The number of rotatable bonds is 8. The van der Waals surface area contributed by atoms with Gasteiger partial charge >= 0.3 is 11.9 Å². The third-order valence-electron chi connectivity index (χ3n) is 6.70. The van der Waals surface area contributed by atoms with Crippen LogP contribution in [0.4, 0.5) is 13.2 Å². The lowest BCUT2D eigenvalue weighted by Crippen LogP contribution is -2.50. The smallest absolute Gasteiger partial charge is 0.404 e. The van der Waals surface area contributed by atoms with Crippen molar-refractivity contribution >= 4 is 19.9 Å². The molecule has 0 fully saturated rings. The fourth-order valence-electron chi connectivity index (χ4n) is 3.53. The molecule has 0 aliphatic rings. The predicted octanol–water partition coefficient (Wildman–Crippen LogP) is 5.34. The summed E-state index contributed by atoms with van der Waals surface area (Å²) in [7, 11) is -2.85. The molecule has 4 rings (SSSR count). The minimum absolute atomic E-state index is 0.0499. The van der Waals surface area contributed by atoms with Crippen LogP contribution in [0.5, 0.6) is 0 Å². The molecule has 0 unspecified atom stereocenters. The SMILES string of the molecule is CC(C)(C)[Si](C)(C)O[C@@H](Cn1c(-c2ccc(Cl)cc2)nn(Cc2ncn(-c3ccccn3)n2)c1=O)C(F)(F)F. The zero-order valence-corrected chi connectivity index (χ0v) is 23.9. The van der Waals surface area contributed by atoms with E-state index in [1.807, 2.05) is 20.8 Å². The fourth-order valence-corrected chi connectivity index (χ4v) is 4.93. The van der Waals surface area contributed by atoms with Crippen LogP contribution in [-0.2, 0) is 17.5 Å². The van der Waals surface area contributed by atoms with Gasteiger partial charge in [-0.3, -0.25) is 4.57 Å². The van der Waals surface area contributed by atoms with Crippen molar-refractivity contribution in [2.24, 2.45) is 0 Å². The number of benzene rings is 1. The van der Waals surface area contributed by atoms with Gasteiger partial charge in [-0.2, -0.15) is 13.2 Å². The lowest BCUT2D eigenvalue weighted by Gasteiger charge is -2.39. The highest BCUT2D eigenvalue weighted by molar-refractivity contribution is 6.74. The summed E-state index contributed by atoms with van der Waals surface area (Å²) in [6.07, 6.45) is -3.88. The quantitative estimate of drug-likeness (QED) is 0.262. The van der Waals surface area contributed by atoms with E-state index in [-0.39, 0.29) is 18.2 Å². The Balaban J connectivity index is 1.73. The molecule has 0 amide bonds. The number of aromatic nitrogens is 7. The van der Waals surface area contributed by atoms with Gasteiger partial charge < -0.3 is 4.43 Å². The molecule has 3 aromatic heterocycles. The van der Waals surface area contributed by atoms with Crippen molar-refractivity contribution in [1.82, 2.24) is 34.1 Å². The first-order valence-electron chi connectivity index (χ1n) is 12.2. The molecular weight excluding hydrogens is 551 g/mol. The molecule has 1 atom stereocenters.